The van der Waals surface area contributed by atoms with Gasteiger partial charge in [0.05, 0.1) is 24.7 Å². The van der Waals surface area contributed by atoms with E-state index in [0.29, 0.717) is 17.8 Å². The van der Waals surface area contributed by atoms with Crippen molar-refractivity contribution in [1.82, 2.24) is 4.98 Å². The van der Waals surface area contributed by atoms with Crippen molar-refractivity contribution >= 4 is 28.7 Å². The molecule has 0 fully saturated rings. The lowest BCUT2D eigenvalue weighted by atomic mass is 10.1. The van der Waals surface area contributed by atoms with Crippen LogP contribution in [0.4, 0.5) is 11.4 Å². The molecule has 3 N–H and O–H groups in total. The van der Waals surface area contributed by atoms with Crippen LogP contribution in [0.2, 0.25) is 0 Å². The third kappa shape index (κ3) is 3.03. The van der Waals surface area contributed by atoms with Crippen LogP contribution in [0.1, 0.15) is 20.8 Å². The molecule has 100 valence electrons. The number of esters is 1. The SMILES string of the molecule is COC(=O)c1cc(NCc2cncs2)cc(C)c1N. The second kappa shape index (κ2) is 5.71. The maximum Gasteiger partial charge on any atom is 0.340 e. The smallest absolute Gasteiger partial charge is 0.340 e. The number of hydrogen-bond donors (Lipinski definition) is 2. The third-order valence-electron chi connectivity index (χ3n) is 2.74. The molecule has 1 aromatic carbocycles. The number of nitrogens with one attached hydrogen (secondary N) is 1. The van der Waals surface area contributed by atoms with Crippen LogP contribution in [-0.2, 0) is 11.3 Å². The first kappa shape index (κ1) is 13.4. The standard InChI is InChI=1S/C13H15N3O2S/c1-8-3-9(16-6-10-5-15-7-19-10)4-11(12(8)14)13(17)18-2/h3-5,7,16H,6,14H2,1-2H3. The predicted octanol–water partition coefficient (Wildman–Crippen LogP) is 2.43. The molecular formula is C13H15N3O2S. The summed E-state index contributed by atoms with van der Waals surface area (Å²) in [5, 5.41) is 3.24. The van der Waals surface area contributed by atoms with E-state index in [1.807, 2.05) is 19.2 Å². The zero-order valence-corrected chi connectivity index (χ0v) is 11.6. The largest absolute Gasteiger partial charge is 0.465 e. The molecule has 0 bridgehead atoms. The van der Waals surface area contributed by atoms with Crippen LogP contribution in [0.25, 0.3) is 0 Å². The molecule has 0 aliphatic heterocycles. The molecule has 5 nitrogen and oxygen atoms in total. The number of ether oxygens (including phenoxy) is 1. The number of aryl methyl sites for hydroxylation is 1. The topological polar surface area (TPSA) is 77.2 Å². The lowest BCUT2D eigenvalue weighted by Crippen LogP contribution is -2.08. The molecule has 0 aliphatic carbocycles. The number of carbonyl (C=O) groups is 1. The fraction of sp³-hybridized carbons (Fsp3) is 0.231. The number of anilines is 2. The van der Waals surface area contributed by atoms with E-state index in [1.165, 1.54) is 7.11 Å². The molecule has 0 amide bonds. The Morgan fingerprint density at radius 1 is 1.53 bits per heavy atom. The van der Waals surface area contributed by atoms with Gasteiger partial charge in [-0.25, -0.2) is 4.79 Å². The summed E-state index contributed by atoms with van der Waals surface area (Å²) in [5.74, 6) is -0.429. The minimum Gasteiger partial charge on any atom is -0.465 e. The summed E-state index contributed by atoms with van der Waals surface area (Å²) >= 11 is 1.57. The fourth-order valence-corrected chi connectivity index (χ4v) is 2.23. The number of benzene rings is 1. The highest BCUT2D eigenvalue weighted by Crippen LogP contribution is 2.24. The summed E-state index contributed by atoms with van der Waals surface area (Å²) in [4.78, 5) is 16.8. The number of nitrogens with two attached hydrogens (primary N) is 1. The molecular weight excluding hydrogens is 262 g/mol. The van der Waals surface area contributed by atoms with E-state index in [2.05, 4.69) is 10.3 Å². The van der Waals surface area contributed by atoms with Gasteiger partial charge in [0.15, 0.2) is 0 Å². The van der Waals surface area contributed by atoms with Gasteiger partial charge in [-0.05, 0) is 24.6 Å². The second-order valence-corrected chi connectivity index (χ2v) is 5.04. The average Bonchev–Trinajstić information content (AvgIpc) is 2.92. The second-order valence-electron chi connectivity index (χ2n) is 4.07. The van der Waals surface area contributed by atoms with E-state index >= 15 is 0 Å². The Hall–Kier alpha value is -2.08. The van der Waals surface area contributed by atoms with Crippen molar-refractivity contribution in [2.75, 3.05) is 18.2 Å². The predicted molar refractivity (Wildman–Crippen MR) is 76.4 cm³/mol. The molecule has 19 heavy (non-hydrogen) atoms. The lowest BCUT2D eigenvalue weighted by Gasteiger charge is -2.11. The molecule has 0 saturated carbocycles. The van der Waals surface area contributed by atoms with Gasteiger partial charge in [0.2, 0.25) is 0 Å². The van der Waals surface area contributed by atoms with Gasteiger partial charge in [-0.3, -0.25) is 4.98 Å². The minimum absolute atomic E-state index is 0.384. The van der Waals surface area contributed by atoms with Crippen molar-refractivity contribution < 1.29 is 9.53 Å². The molecule has 0 radical (unpaired) electrons. The van der Waals surface area contributed by atoms with Crippen molar-refractivity contribution in [3.05, 3.63) is 39.8 Å². The average molecular weight is 277 g/mol. The molecule has 0 aliphatic rings. The molecule has 0 unspecified atom stereocenters. The van der Waals surface area contributed by atoms with E-state index in [1.54, 1.807) is 22.9 Å². The molecule has 0 atom stereocenters. The van der Waals surface area contributed by atoms with Crippen LogP contribution < -0.4 is 11.1 Å². The van der Waals surface area contributed by atoms with Crippen molar-refractivity contribution in [1.29, 1.82) is 0 Å². The van der Waals surface area contributed by atoms with Gasteiger partial charge in [0, 0.05) is 22.4 Å². The van der Waals surface area contributed by atoms with Crippen LogP contribution >= 0.6 is 11.3 Å². The van der Waals surface area contributed by atoms with E-state index in [9.17, 15) is 4.79 Å². The Bertz CT molecular complexity index is 582. The van der Waals surface area contributed by atoms with Gasteiger partial charge in [0.25, 0.3) is 0 Å². The van der Waals surface area contributed by atoms with Crippen LogP contribution in [0.3, 0.4) is 0 Å². The maximum atomic E-state index is 11.6. The van der Waals surface area contributed by atoms with Gasteiger partial charge in [-0.1, -0.05) is 0 Å². The normalized spacial score (nSPS) is 10.2. The zero-order chi connectivity index (χ0) is 13.8. The highest BCUT2D eigenvalue weighted by Gasteiger charge is 2.13. The highest BCUT2D eigenvalue weighted by atomic mass is 32.1. The first-order valence-electron chi connectivity index (χ1n) is 5.71. The van der Waals surface area contributed by atoms with E-state index in [-0.39, 0.29) is 0 Å². The number of nitrogen functional groups attached to an aromatic ring is 1. The first-order chi connectivity index (χ1) is 9.11. The van der Waals surface area contributed by atoms with Crippen molar-refractivity contribution in [3.63, 3.8) is 0 Å². The van der Waals surface area contributed by atoms with E-state index < -0.39 is 5.97 Å². The lowest BCUT2D eigenvalue weighted by molar-refractivity contribution is 0.0602. The van der Waals surface area contributed by atoms with Crippen LogP contribution in [0.15, 0.2) is 23.8 Å². The summed E-state index contributed by atoms with van der Waals surface area (Å²) in [7, 11) is 1.34. The molecule has 1 heterocycles. The number of rotatable bonds is 4. The quantitative estimate of drug-likeness (QED) is 0.663. The van der Waals surface area contributed by atoms with Crippen LogP contribution in [0, 0.1) is 6.92 Å². The Morgan fingerprint density at radius 3 is 2.95 bits per heavy atom. The van der Waals surface area contributed by atoms with Crippen LogP contribution in [0.5, 0.6) is 0 Å². The summed E-state index contributed by atoms with van der Waals surface area (Å²) < 4.78 is 4.72. The van der Waals surface area contributed by atoms with Crippen molar-refractivity contribution in [3.8, 4) is 0 Å². The Balaban J connectivity index is 2.21. The minimum atomic E-state index is -0.429. The summed E-state index contributed by atoms with van der Waals surface area (Å²) in [5.41, 5.74) is 10.2. The third-order valence-corrected chi connectivity index (χ3v) is 3.52. The van der Waals surface area contributed by atoms with Crippen molar-refractivity contribution in [2.45, 2.75) is 13.5 Å². The van der Waals surface area contributed by atoms with E-state index in [4.69, 9.17) is 10.5 Å². The number of aromatic nitrogens is 1. The number of thiazole rings is 1. The molecule has 0 spiro atoms. The Kier molecular flexibility index (Phi) is 4.01. The van der Waals surface area contributed by atoms with Crippen LogP contribution in [-0.4, -0.2) is 18.1 Å². The van der Waals surface area contributed by atoms with Gasteiger partial charge in [0.1, 0.15) is 0 Å². The number of methoxy groups -OCH3 is 1. The zero-order valence-electron chi connectivity index (χ0n) is 10.8. The molecule has 6 heteroatoms. The summed E-state index contributed by atoms with van der Waals surface area (Å²) in [6.45, 7) is 2.52. The molecule has 0 saturated heterocycles. The molecule has 1 aromatic heterocycles. The maximum absolute atomic E-state index is 11.6. The summed E-state index contributed by atoms with van der Waals surface area (Å²) in [6, 6.07) is 3.61. The summed E-state index contributed by atoms with van der Waals surface area (Å²) in [6.07, 6.45) is 1.81. The Labute approximate surface area is 115 Å². The monoisotopic (exact) mass is 277 g/mol. The van der Waals surface area contributed by atoms with Gasteiger partial charge >= 0.3 is 5.97 Å². The number of hydrogen-bond acceptors (Lipinski definition) is 6. The van der Waals surface area contributed by atoms with Gasteiger partial charge in [-0.15, -0.1) is 11.3 Å². The highest BCUT2D eigenvalue weighted by molar-refractivity contribution is 7.09. The van der Waals surface area contributed by atoms with Gasteiger partial charge in [-0.2, -0.15) is 0 Å². The Morgan fingerprint density at radius 2 is 2.32 bits per heavy atom. The first-order valence-corrected chi connectivity index (χ1v) is 6.59. The number of carbonyl (C=O) groups excluding carboxylic acids is 1. The van der Waals surface area contributed by atoms with E-state index in [0.717, 1.165) is 16.1 Å². The molecule has 2 rings (SSSR count). The van der Waals surface area contributed by atoms with Gasteiger partial charge < -0.3 is 15.8 Å². The number of nitrogens with zero attached hydrogens (tertiary/aromatic N) is 1. The fourth-order valence-electron chi connectivity index (χ4n) is 1.70. The van der Waals surface area contributed by atoms with Crippen molar-refractivity contribution in [2.24, 2.45) is 0 Å². The molecule has 2 aromatic rings.